The molecule has 1 aromatic heterocycles. The van der Waals surface area contributed by atoms with Crippen LogP contribution in [0.3, 0.4) is 0 Å². The molecule has 1 aliphatic heterocycles. The van der Waals surface area contributed by atoms with Gasteiger partial charge >= 0.3 is 0 Å². The zero-order chi connectivity index (χ0) is 11.5. The monoisotopic (exact) mass is 240 g/mol. The molecule has 0 bridgehead atoms. The molecule has 5 heteroatoms. The number of ether oxygens (including phenoxy) is 1. The molecule has 1 fully saturated rings. The molecule has 16 heavy (non-hydrogen) atoms. The maximum absolute atomic E-state index is 12.3. The molecule has 0 aromatic carbocycles. The number of nitrogens with one attached hydrogen (secondary N) is 1. The van der Waals surface area contributed by atoms with E-state index in [-0.39, 0.29) is 11.9 Å². The number of amides is 1. The van der Waals surface area contributed by atoms with Gasteiger partial charge in [0, 0.05) is 25.7 Å². The van der Waals surface area contributed by atoms with Crippen LogP contribution in [0.15, 0.2) is 11.4 Å². The molecule has 0 radical (unpaired) electrons. The minimum Gasteiger partial charge on any atom is -0.495 e. The van der Waals surface area contributed by atoms with E-state index in [9.17, 15) is 4.79 Å². The van der Waals surface area contributed by atoms with Crippen LogP contribution in [0.5, 0.6) is 5.75 Å². The second-order valence-corrected chi connectivity index (χ2v) is 4.79. The normalized spacial score (nSPS) is 20.9. The molecule has 1 atom stereocenters. The van der Waals surface area contributed by atoms with Gasteiger partial charge in [-0.2, -0.15) is 0 Å². The first-order valence-electron chi connectivity index (χ1n) is 5.37. The summed E-state index contributed by atoms with van der Waals surface area (Å²) in [7, 11) is 1.60. The quantitative estimate of drug-likeness (QED) is 0.844. The summed E-state index contributed by atoms with van der Waals surface area (Å²) < 4.78 is 5.18. The maximum Gasteiger partial charge on any atom is 0.268 e. The highest BCUT2D eigenvalue weighted by atomic mass is 32.1. The summed E-state index contributed by atoms with van der Waals surface area (Å²) in [5, 5.41) is 5.16. The fourth-order valence-electron chi connectivity index (χ4n) is 1.89. The number of carbonyl (C=O) groups excluding carboxylic acids is 1. The lowest BCUT2D eigenvalue weighted by atomic mass is 10.2. The van der Waals surface area contributed by atoms with Crippen molar-refractivity contribution >= 4 is 17.2 Å². The third kappa shape index (κ3) is 2.05. The first-order chi connectivity index (χ1) is 7.74. The van der Waals surface area contributed by atoms with E-state index in [0.717, 1.165) is 19.6 Å². The molecule has 88 valence electrons. The second kappa shape index (κ2) is 4.84. The Labute approximate surface area is 99.2 Å². The van der Waals surface area contributed by atoms with Gasteiger partial charge in [0.1, 0.15) is 10.6 Å². The summed E-state index contributed by atoms with van der Waals surface area (Å²) in [6, 6.07) is 2.08. The average Bonchev–Trinajstić information content (AvgIpc) is 2.77. The van der Waals surface area contributed by atoms with E-state index in [2.05, 4.69) is 12.2 Å². The zero-order valence-electron chi connectivity index (χ0n) is 9.53. The van der Waals surface area contributed by atoms with E-state index in [1.807, 2.05) is 16.3 Å². The van der Waals surface area contributed by atoms with Crippen molar-refractivity contribution in [1.82, 2.24) is 10.2 Å². The van der Waals surface area contributed by atoms with Crippen LogP contribution in [0.25, 0.3) is 0 Å². The highest BCUT2D eigenvalue weighted by Gasteiger charge is 2.26. The Balaban J connectivity index is 2.17. The summed E-state index contributed by atoms with van der Waals surface area (Å²) in [6.07, 6.45) is 0. The molecule has 4 nitrogen and oxygen atoms in total. The van der Waals surface area contributed by atoms with Gasteiger partial charge in [0.25, 0.3) is 5.91 Å². The standard InChI is InChI=1S/C11H16N2O2S/c1-8-7-12-4-5-13(8)11(14)10-9(15-2)3-6-16-10/h3,6,8,12H,4-5,7H2,1-2H3. The number of nitrogens with zero attached hydrogens (tertiary/aromatic N) is 1. The predicted molar refractivity (Wildman–Crippen MR) is 64.2 cm³/mol. The maximum atomic E-state index is 12.3. The lowest BCUT2D eigenvalue weighted by Crippen LogP contribution is -2.52. The molecule has 1 aliphatic rings. The third-order valence-electron chi connectivity index (χ3n) is 2.81. The summed E-state index contributed by atoms with van der Waals surface area (Å²) in [5.41, 5.74) is 0. The highest BCUT2D eigenvalue weighted by molar-refractivity contribution is 7.12. The zero-order valence-corrected chi connectivity index (χ0v) is 10.3. The van der Waals surface area contributed by atoms with Gasteiger partial charge in [0.05, 0.1) is 7.11 Å². The number of piperazine rings is 1. The fourth-order valence-corrected chi connectivity index (χ4v) is 2.70. The molecule has 1 amide bonds. The van der Waals surface area contributed by atoms with Crippen LogP contribution in [0.1, 0.15) is 16.6 Å². The van der Waals surface area contributed by atoms with Gasteiger partial charge in [-0.25, -0.2) is 0 Å². The molecule has 0 saturated carbocycles. The summed E-state index contributed by atoms with van der Waals surface area (Å²) in [5.74, 6) is 0.765. The highest BCUT2D eigenvalue weighted by Crippen LogP contribution is 2.26. The van der Waals surface area contributed by atoms with Crippen LogP contribution >= 0.6 is 11.3 Å². The summed E-state index contributed by atoms with van der Waals surface area (Å²) >= 11 is 1.44. The molecule has 1 aromatic rings. The Kier molecular flexibility index (Phi) is 3.46. The SMILES string of the molecule is COc1ccsc1C(=O)N1CCNCC1C. The molecule has 2 heterocycles. The summed E-state index contributed by atoms with van der Waals surface area (Å²) in [6.45, 7) is 4.55. The van der Waals surface area contributed by atoms with Crippen molar-refractivity contribution in [1.29, 1.82) is 0 Å². The molecule has 2 rings (SSSR count). The van der Waals surface area contributed by atoms with Crippen molar-refractivity contribution in [2.45, 2.75) is 13.0 Å². The van der Waals surface area contributed by atoms with Gasteiger partial charge in [0.15, 0.2) is 0 Å². The molecule has 1 saturated heterocycles. The lowest BCUT2D eigenvalue weighted by molar-refractivity contribution is 0.0658. The van der Waals surface area contributed by atoms with Crippen molar-refractivity contribution in [2.24, 2.45) is 0 Å². The number of hydrogen-bond acceptors (Lipinski definition) is 4. The van der Waals surface area contributed by atoms with Gasteiger partial charge in [-0.1, -0.05) is 0 Å². The van der Waals surface area contributed by atoms with Crippen LogP contribution in [0, 0.1) is 0 Å². The van der Waals surface area contributed by atoms with Crippen molar-refractivity contribution in [2.75, 3.05) is 26.7 Å². The average molecular weight is 240 g/mol. The topological polar surface area (TPSA) is 41.6 Å². The Hall–Kier alpha value is -1.07. The molecular formula is C11H16N2O2S. The number of methoxy groups -OCH3 is 1. The Morgan fingerprint density at radius 2 is 2.50 bits per heavy atom. The van der Waals surface area contributed by atoms with E-state index in [1.165, 1.54) is 11.3 Å². The predicted octanol–water partition coefficient (Wildman–Crippen LogP) is 1.19. The van der Waals surface area contributed by atoms with Crippen molar-refractivity contribution in [3.8, 4) is 5.75 Å². The smallest absolute Gasteiger partial charge is 0.268 e. The van der Waals surface area contributed by atoms with Crippen LogP contribution < -0.4 is 10.1 Å². The van der Waals surface area contributed by atoms with Crippen LogP contribution in [0.4, 0.5) is 0 Å². The minimum absolute atomic E-state index is 0.0841. The van der Waals surface area contributed by atoms with Crippen molar-refractivity contribution in [3.63, 3.8) is 0 Å². The van der Waals surface area contributed by atoms with Crippen molar-refractivity contribution < 1.29 is 9.53 Å². The second-order valence-electron chi connectivity index (χ2n) is 3.87. The number of rotatable bonds is 2. The summed E-state index contributed by atoms with van der Waals surface area (Å²) in [4.78, 5) is 14.9. The first kappa shape index (κ1) is 11.4. The van der Waals surface area contributed by atoms with Gasteiger partial charge in [-0.05, 0) is 18.4 Å². The molecule has 0 aliphatic carbocycles. The van der Waals surface area contributed by atoms with E-state index < -0.39 is 0 Å². The lowest BCUT2D eigenvalue weighted by Gasteiger charge is -2.33. The van der Waals surface area contributed by atoms with Crippen molar-refractivity contribution in [3.05, 3.63) is 16.3 Å². The van der Waals surface area contributed by atoms with Crippen LogP contribution in [-0.2, 0) is 0 Å². The Bertz CT molecular complexity index is 378. The molecular weight excluding hydrogens is 224 g/mol. The molecule has 1 unspecified atom stereocenters. The van der Waals surface area contributed by atoms with E-state index in [4.69, 9.17) is 4.74 Å². The van der Waals surface area contributed by atoms with E-state index >= 15 is 0 Å². The van der Waals surface area contributed by atoms with Gasteiger partial charge in [-0.15, -0.1) is 11.3 Å². The van der Waals surface area contributed by atoms with Crippen LogP contribution in [0.2, 0.25) is 0 Å². The number of thiophene rings is 1. The van der Waals surface area contributed by atoms with E-state index in [1.54, 1.807) is 7.11 Å². The number of hydrogen-bond donors (Lipinski definition) is 1. The first-order valence-corrected chi connectivity index (χ1v) is 6.25. The fraction of sp³-hybridized carbons (Fsp3) is 0.545. The number of carbonyl (C=O) groups is 1. The Morgan fingerprint density at radius 1 is 1.69 bits per heavy atom. The molecule has 0 spiro atoms. The van der Waals surface area contributed by atoms with Gasteiger partial charge in [-0.3, -0.25) is 4.79 Å². The molecule has 1 N–H and O–H groups in total. The van der Waals surface area contributed by atoms with E-state index in [0.29, 0.717) is 10.6 Å². The third-order valence-corrected chi connectivity index (χ3v) is 3.69. The van der Waals surface area contributed by atoms with Gasteiger partial charge < -0.3 is 15.0 Å². The van der Waals surface area contributed by atoms with Gasteiger partial charge in [0.2, 0.25) is 0 Å². The largest absolute Gasteiger partial charge is 0.495 e. The minimum atomic E-state index is 0.0841. The van der Waals surface area contributed by atoms with Crippen LogP contribution in [-0.4, -0.2) is 43.6 Å². The Morgan fingerprint density at radius 3 is 3.19 bits per heavy atom.